The predicted molar refractivity (Wildman–Crippen MR) is 124 cm³/mol. The van der Waals surface area contributed by atoms with Gasteiger partial charge in [-0.05, 0) is 49.4 Å². The average Bonchev–Trinajstić information content (AvgIpc) is 2.74. The molecule has 6 nitrogen and oxygen atoms in total. The molecule has 2 N–H and O–H groups in total. The monoisotopic (exact) mass is 450 g/mol. The second-order valence-corrected chi connectivity index (χ2v) is 8.94. The molecule has 0 aliphatic carbocycles. The lowest BCUT2D eigenvalue weighted by atomic mass is 10.1. The van der Waals surface area contributed by atoms with Crippen molar-refractivity contribution < 1.29 is 8.42 Å². The third kappa shape index (κ3) is 5.20. The van der Waals surface area contributed by atoms with Gasteiger partial charge >= 0.3 is 0 Å². The molecule has 4 aromatic rings. The first-order valence-electron chi connectivity index (χ1n) is 9.46. The SMILES string of the molecule is Cc1nc(Nc2cccc(NS(=O)(=O)c3ccc(Cl)cc3)c2)cc(-c2ccccc2)n1. The van der Waals surface area contributed by atoms with Gasteiger partial charge in [0.2, 0.25) is 0 Å². The molecule has 0 radical (unpaired) electrons. The van der Waals surface area contributed by atoms with Gasteiger partial charge in [-0.2, -0.15) is 0 Å². The van der Waals surface area contributed by atoms with Crippen LogP contribution in [0.4, 0.5) is 17.2 Å². The van der Waals surface area contributed by atoms with Gasteiger partial charge < -0.3 is 5.32 Å². The van der Waals surface area contributed by atoms with Crippen molar-refractivity contribution in [2.75, 3.05) is 10.0 Å². The zero-order valence-corrected chi connectivity index (χ0v) is 18.2. The number of benzene rings is 3. The molecule has 0 aliphatic heterocycles. The summed E-state index contributed by atoms with van der Waals surface area (Å²) in [4.78, 5) is 9.07. The summed E-state index contributed by atoms with van der Waals surface area (Å²) < 4.78 is 27.9. The molecule has 0 unspecified atom stereocenters. The molecule has 31 heavy (non-hydrogen) atoms. The molecule has 0 spiro atoms. The highest BCUT2D eigenvalue weighted by atomic mass is 35.5. The molecule has 0 saturated heterocycles. The number of hydrogen-bond acceptors (Lipinski definition) is 5. The highest BCUT2D eigenvalue weighted by Crippen LogP contribution is 2.25. The Morgan fingerprint density at radius 1 is 0.806 bits per heavy atom. The van der Waals surface area contributed by atoms with Crippen LogP contribution in [-0.2, 0) is 10.0 Å². The predicted octanol–water partition coefficient (Wildman–Crippen LogP) is 5.65. The Hall–Kier alpha value is -3.42. The zero-order valence-electron chi connectivity index (χ0n) is 16.6. The van der Waals surface area contributed by atoms with Gasteiger partial charge in [0.25, 0.3) is 10.0 Å². The largest absolute Gasteiger partial charge is 0.340 e. The lowest BCUT2D eigenvalue weighted by Gasteiger charge is -2.12. The number of nitrogens with one attached hydrogen (secondary N) is 2. The van der Waals surface area contributed by atoms with E-state index in [4.69, 9.17) is 11.6 Å². The van der Waals surface area contributed by atoms with Crippen molar-refractivity contribution in [3.63, 3.8) is 0 Å². The highest BCUT2D eigenvalue weighted by molar-refractivity contribution is 7.92. The van der Waals surface area contributed by atoms with Crippen LogP contribution in [0.5, 0.6) is 0 Å². The smallest absolute Gasteiger partial charge is 0.261 e. The lowest BCUT2D eigenvalue weighted by Crippen LogP contribution is -2.12. The van der Waals surface area contributed by atoms with Crippen LogP contribution >= 0.6 is 11.6 Å². The van der Waals surface area contributed by atoms with Gasteiger partial charge in [0, 0.05) is 22.3 Å². The van der Waals surface area contributed by atoms with Crippen LogP contribution in [0.2, 0.25) is 5.02 Å². The molecule has 0 atom stereocenters. The number of aromatic nitrogens is 2. The second kappa shape index (κ2) is 8.75. The van der Waals surface area contributed by atoms with Crippen LogP contribution in [-0.4, -0.2) is 18.4 Å². The van der Waals surface area contributed by atoms with Gasteiger partial charge in [-0.25, -0.2) is 18.4 Å². The summed E-state index contributed by atoms with van der Waals surface area (Å²) in [7, 11) is -3.73. The lowest BCUT2D eigenvalue weighted by molar-refractivity contribution is 0.601. The molecule has 0 saturated carbocycles. The summed E-state index contributed by atoms with van der Waals surface area (Å²) in [6.45, 7) is 1.83. The highest BCUT2D eigenvalue weighted by Gasteiger charge is 2.14. The van der Waals surface area contributed by atoms with Gasteiger partial charge in [-0.15, -0.1) is 0 Å². The molecule has 4 rings (SSSR count). The van der Waals surface area contributed by atoms with Crippen molar-refractivity contribution in [1.29, 1.82) is 0 Å². The molecule has 156 valence electrons. The zero-order chi connectivity index (χ0) is 21.8. The summed E-state index contributed by atoms with van der Waals surface area (Å²) in [5.41, 5.74) is 2.90. The van der Waals surface area contributed by atoms with Crippen LogP contribution in [0, 0.1) is 6.92 Å². The van der Waals surface area contributed by atoms with E-state index in [1.165, 1.54) is 24.3 Å². The van der Waals surface area contributed by atoms with E-state index in [1.807, 2.05) is 49.4 Å². The standard InChI is InChI=1S/C23H19ClN4O2S/c1-16-25-22(17-6-3-2-4-7-17)15-23(26-16)27-19-8-5-9-20(14-19)28-31(29,30)21-12-10-18(24)11-13-21/h2-15,28H,1H3,(H,25,26,27). The first-order chi connectivity index (χ1) is 14.9. The normalized spacial score (nSPS) is 11.2. The molecule has 0 amide bonds. The molecule has 1 heterocycles. The number of sulfonamides is 1. The van der Waals surface area contributed by atoms with Crippen molar-refractivity contribution in [3.05, 3.63) is 95.8 Å². The first kappa shape index (κ1) is 20.8. The fraction of sp³-hybridized carbons (Fsp3) is 0.0435. The summed E-state index contributed by atoms with van der Waals surface area (Å²) in [6, 6.07) is 24.6. The van der Waals surface area contributed by atoms with Crippen LogP contribution in [0.15, 0.2) is 89.8 Å². The number of aryl methyl sites for hydroxylation is 1. The van der Waals surface area contributed by atoms with Crippen molar-refractivity contribution in [3.8, 4) is 11.3 Å². The Bertz CT molecular complexity index is 1310. The Labute approximate surface area is 186 Å². The quantitative estimate of drug-likeness (QED) is 0.396. The minimum Gasteiger partial charge on any atom is -0.340 e. The van der Waals surface area contributed by atoms with Crippen molar-refractivity contribution in [2.24, 2.45) is 0 Å². The minimum atomic E-state index is -3.73. The number of halogens is 1. The fourth-order valence-corrected chi connectivity index (χ4v) is 4.20. The molecule has 0 fully saturated rings. The molecule has 3 aromatic carbocycles. The van der Waals surface area contributed by atoms with Gasteiger partial charge in [0.05, 0.1) is 16.3 Å². The van der Waals surface area contributed by atoms with E-state index in [1.54, 1.807) is 18.2 Å². The summed E-state index contributed by atoms with van der Waals surface area (Å²) >= 11 is 5.85. The third-order valence-corrected chi connectivity index (χ3v) is 6.07. The van der Waals surface area contributed by atoms with E-state index in [0.717, 1.165) is 11.3 Å². The fourth-order valence-electron chi connectivity index (χ4n) is 3.02. The van der Waals surface area contributed by atoms with Gasteiger partial charge in [0.1, 0.15) is 11.6 Å². The van der Waals surface area contributed by atoms with Crippen molar-refractivity contribution in [1.82, 2.24) is 9.97 Å². The maximum atomic E-state index is 12.6. The van der Waals surface area contributed by atoms with E-state index < -0.39 is 10.0 Å². The third-order valence-electron chi connectivity index (χ3n) is 4.42. The van der Waals surface area contributed by atoms with Gasteiger partial charge in [-0.1, -0.05) is 48.0 Å². The van der Waals surface area contributed by atoms with Crippen LogP contribution < -0.4 is 10.0 Å². The molecule has 0 bridgehead atoms. The van der Waals surface area contributed by atoms with E-state index in [-0.39, 0.29) is 4.90 Å². The summed E-state index contributed by atoms with van der Waals surface area (Å²) in [5.74, 6) is 1.24. The average molecular weight is 451 g/mol. The molecular weight excluding hydrogens is 432 g/mol. The first-order valence-corrected chi connectivity index (χ1v) is 11.3. The number of hydrogen-bond donors (Lipinski definition) is 2. The molecule has 0 aliphatic rings. The molecule has 1 aromatic heterocycles. The van der Waals surface area contributed by atoms with Gasteiger partial charge in [0.15, 0.2) is 0 Å². The van der Waals surface area contributed by atoms with Crippen LogP contribution in [0.3, 0.4) is 0 Å². The van der Waals surface area contributed by atoms with E-state index in [9.17, 15) is 8.42 Å². The Balaban J connectivity index is 1.57. The van der Waals surface area contributed by atoms with Crippen molar-refractivity contribution in [2.45, 2.75) is 11.8 Å². The number of nitrogens with zero attached hydrogens (tertiary/aromatic N) is 2. The molecular formula is C23H19ClN4O2S. The molecule has 8 heteroatoms. The van der Waals surface area contributed by atoms with Gasteiger partial charge in [-0.3, -0.25) is 4.72 Å². The number of rotatable bonds is 6. The second-order valence-electron chi connectivity index (χ2n) is 6.82. The topological polar surface area (TPSA) is 84.0 Å². The van der Waals surface area contributed by atoms with Crippen LogP contribution in [0.1, 0.15) is 5.82 Å². The summed E-state index contributed by atoms with van der Waals surface area (Å²) in [6.07, 6.45) is 0. The Kier molecular flexibility index (Phi) is 5.88. The minimum absolute atomic E-state index is 0.134. The summed E-state index contributed by atoms with van der Waals surface area (Å²) in [5, 5.41) is 3.70. The maximum absolute atomic E-state index is 12.6. The van der Waals surface area contributed by atoms with E-state index in [2.05, 4.69) is 20.0 Å². The maximum Gasteiger partial charge on any atom is 0.261 e. The van der Waals surface area contributed by atoms with E-state index in [0.29, 0.717) is 28.0 Å². The Morgan fingerprint density at radius 3 is 2.26 bits per heavy atom. The van der Waals surface area contributed by atoms with Crippen molar-refractivity contribution >= 4 is 38.8 Å². The van der Waals surface area contributed by atoms with Crippen LogP contribution in [0.25, 0.3) is 11.3 Å². The van der Waals surface area contributed by atoms with E-state index >= 15 is 0 Å². The Morgan fingerprint density at radius 2 is 1.52 bits per heavy atom. The number of anilines is 3.